The van der Waals surface area contributed by atoms with E-state index in [9.17, 15) is 9.59 Å². The fourth-order valence-corrected chi connectivity index (χ4v) is 1.38. The maximum atomic E-state index is 10.9. The fraction of sp³-hybridized carbons (Fsp3) is 0.625. The zero-order valence-corrected chi connectivity index (χ0v) is 13.0. The van der Waals surface area contributed by atoms with Crippen molar-refractivity contribution in [3.63, 3.8) is 0 Å². The van der Waals surface area contributed by atoms with E-state index in [0.29, 0.717) is 6.61 Å². The fourth-order valence-electron chi connectivity index (χ4n) is 1.38. The molecule has 0 aliphatic carbocycles. The van der Waals surface area contributed by atoms with E-state index >= 15 is 0 Å². The second-order valence-corrected chi connectivity index (χ2v) is 4.12. The van der Waals surface area contributed by atoms with Crippen molar-refractivity contribution in [2.75, 3.05) is 6.61 Å². The van der Waals surface area contributed by atoms with Crippen LogP contribution in [0.3, 0.4) is 0 Å². The molecule has 116 valence electrons. The van der Waals surface area contributed by atoms with Crippen molar-refractivity contribution in [1.29, 1.82) is 0 Å². The monoisotopic (exact) mass is 284 g/mol. The van der Waals surface area contributed by atoms with Crippen LogP contribution in [0.4, 0.5) is 0 Å². The highest BCUT2D eigenvalue weighted by molar-refractivity contribution is 5.81. The summed E-state index contributed by atoms with van der Waals surface area (Å²) in [7, 11) is 0. The first kappa shape index (κ1) is 20.7. The van der Waals surface area contributed by atoms with Gasteiger partial charge in [-0.3, -0.25) is 0 Å². The molecule has 0 saturated heterocycles. The topological polar surface area (TPSA) is 52.6 Å². The molecule has 0 aromatic rings. The number of esters is 2. The van der Waals surface area contributed by atoms with E-state index in [4.69, 9.17) is 4.74 Å². The van der Waals surface area contributed by atoms with Crippen molar-refractivity contribution < 1.29 is 19.1 Å². The van der Waals surface area contributed by atoms with Crippen molar-refractivity contribution >= 4 is 11.9 Å². The van der Waals surface area contributed by atoms with Gasteiger partial charge in [0.25, 0.3) is 0 Å². The van der Waals surface area contributed by atoms with Crippen LogP contribution in [-0.4, -0.2) is 24.6 Å². The third-order valence-corrected chi connectivity index (χ3v) is 2.49. The third kappa shape index (κ3) is 14.5. The van der Waals surface area contributed by atoms with Crippen molar-refractivity contribution in [3.05, 3.63) is 25.3 Å². The quantitative estimate of drug-likeness (QED) is 0.367. The lowest BCUT2D eigenvalue weighted by Gasteiger charge is -2.14. The van der Waals surface area contributed by atoms with Gasteiger partial charge in [0.1, 0.15) is 6.10 Å². The summed E-state index contributed by atoms with van der Waals surface area (Å²) in [5, 5.41) is 0. The predicted octanol–water partition coefficient (Wildman–Crippen LogP) is 3.81. The van der Waals surface area contributed by atoms with Crippen LogP contribution in [0.15, 0.2) is 25.3 Å². The molecule has 0 heterocycles. The number of hydrogen-bond acceptors (Lipinski definition) is 4. The second-order valence-electron chi connectivity index (χ2n) is 4.12. The first-order valence-electron chi connectivity index (χ1n) is 7.17. The Morgan fingerprint density at radius 2 is 1.65 bits per heavy atom. The lowest BCUT2D eigenvalue weighted by Crippen LogP contribution is -2.15. The number of rotatable bonds is 9. The van der Waals surface area contributed by atoms with Gasteiger partial charge >= 0.3 is 11.9 Å². The maximum Gasteiger partial charge on any atom is 0.330 e. The molecule has 0 aromatic heterocycles. The highest BCUT2D eigenvalue weighted by Gasteiger charge is 2.08. The molecule has 0 radical (unpaired) electrons. The lowest BCUT2D eigenvalue weighted by molar-refractivity contribution is -0.143. The molecule has 1 unspecified atom stereocenters. The SMILES string of the molecule is C=CC(=O)OC(CC)CCCCC.C=CC(=O)OCC. The summed E-state index contributed by atoms with van der Waals surface area (Å²) in [6, 6.07) is 0. The Kier molecular flexibility index (Phi) is 16.0. The van der Waals surface area contributed by atoms with E-state index in [1.54, 1.807) is 6.92 Å². The standard InChI is InChI=1S/C11H20O2.C5H8O2/c1-4-7-8-9-10(5-2)13-11(12)6-3;1-3-5(6)7-4-2/h6,10H,3-5,7-9H2,1-2H3;3H,1,4H2,2H3. The average Bonchev–Trinajstić information content (AvgIpc) is 2.46. The zero-order chi connectivity index (χ0) is 15.8. The molecule has 4 heteroatoms. The molecule has 0 amide bonds. The minimum absolute atomic E-state index is 0.0806. The number of hydrogen-bond donors (Lipinski definition) is 0. The molecule has 0 spiro atoms. The summed E-state index contributed by atoms with van der Waals surface area (Å²) in [6.45, 7) is 12.9. The van der Waals surface area contributed by atoms with E-state index in [1.807, 2.05) is 6.92 Å². The Bertz CT molecular complexity index is 284. The summed E-state index contributed by atoms with van der Waals surface area (Å²) >= 11 is 0. The molecule has 4 nitrogen and oxygen atoms in total. The van der Waals surface area contributed by atoms with Crippen molar-refractivity contribution in [1.82, 2.24) is 0 Å². The van der Waals surface area contributed by atoms with E-state index in [0.717, 1.165) is 25.3 Å². The molecule has 0 rings (SSSR count). The molecule has 0 saturated carbocycles. The van der Waals surface area contributed by atoms with Crippen LogP contribution in [0.2, 0.25) is 0 Å². The molecule has 0 aromatic carbocycles. The van der Waals surface area contributed by atoms with E-state index in [2.05, 4.69) is 24.8 Å². The van der Waals surface area contributed by atoms with Gasteiger partial charge in [0.2, 0.25) is 0 Å². The molecule has 0 fully saturated rings. The molecule has 1 atom stereocenters. The Hall–Kier alpha value is -1.58. The first-order chi connectivity index (χ1) is 9.55. The number of ether oxygens (including phenoxy) is 2. The molecule has 0 bridgehead atoms. The summed E-state index contributed by atoms with van der Waals surface area (Å²) in [6.07, 6.45) is 7.86. The van der Waals surface area contributed by atoms with Crippen molar-refractivity contribution in [3.8, 4) is 0 Å². The van der Waals surface area contributed by atoms with Gasteiger partial charge in [0, 0.05) is 12.2 Å². The van der Waals surface area contributed by atoms with Crippen LogP contribution in [0, 0.1) is 0 Å². The Labute approximate surface area is 122 Å². The predicted molar refractivity (Wildman–Crippen MR) is 81.3 cm³/mol. The van der Waals surface area contributed by atoms with Crippen LogP contribution in [0.5, 0.6) is 0 Å². The third-order valence-electron chi connectivity index (χ3n) is 2.49. The van der Waals surface area contributed by atoms with Gasteiger partial charge < -0.3 is 9.47 Å². The normalized spacial score (nSPS) is 10.6. The number of unbranched alkanes of at least 4 members (excludes halogenated alkanes) is 2. The van der Waals surface area contributed by atoms with Gasteiger partial charge in [0.05, 0.1) is 6.61 Å². The molecule has 0 N–H and O–H groups in total. The van der Waals surface area contributed by atoms with Crippen LogP contribution in [-0.2, 0) is 19.1 Å². The number of carbonyl (C=O) groups excluding carboxylic acids is 2. The molecule has 0 aliphatic heterocycles. The maximum absolute atomic E-state index is 10.9. The smallest absolute Gasteiger partial charge is 0.330 e. The second kappa shape index (κ2) is 15.5. The minimum Gasteiger partial charge on any atom is -0.463 e. The number of carbonyl (C=O) groups is 2. The molecule has 0 aliphatic rings. The highest BCUT2D eigenvalue weighted by atomic mass is 16.5. The van der Waals surface area contributed by atoms with E-state index < -0.39 is 0 Å². The van der Waals surface area contributed by atoms with Crippen LogP contribution in [0.25, 0.3) is 0 Å². The highest BCUT2D eigenvalue weighted by Crippen LogP contribution is 2.10. The van der Waals surface area contributed by atoms with E-state index in [-0.39, 0.29) is 18.0 Å². The zero-order valence-electron chi connectivity index (χ0n) is 13.0. The van der Waals surface area contributed by atoms with Crippen LogP contribution < -0.4 is 0 Å². The Balaban J connectivity index is 0. The van der Waals surface area contributed by atoms with Gasteiger partial charge in [-0.2, -0.15) is 0 Å². The summed E-state index contributed by atoms with van der Waals surface area (Å²) in [4.78, 5) is 20.9. The van der Waals surface area contributed by atoms with Gasteiger partial charge in [-0.1, -0.05) is 39.8 Å². The van der Waals surface area contributed by atoms with Crippen LogP contribution in [0.1, 0.15) is 52.9 Å². The average molecular weight is 284 g/mol. The molecular formula is C16H28O4. The minimum atomic E-state index is -0.359. The van der Waals surface area contributed by atoms with Gasteiger partial charge in [-0.25, -0.2) is 9.59 Å². The first-order valence-corrected chi connectivity index (χ1v) is 7.17. The van der Waals surface area contributed by atoms with Gasteiger partial charge in [-0.15, -0.1) is 0 Å². The Morgan fingerprint density at radius 3 is 2.00 bits per heavy atom. The molecule has 20 heavy (non-hydrogen) atoms. The Morgan fingerprint density at radius 1 is 1.05 bits per heavy atom. The molecular weight excluding hydrogens is 256 g/mol. The van der Waals surface area contributed by atoms with Crippen molar-refractivity contribution in [2.45, 2.75) is 59.0 Å². The van der Waals surface area contributed by atoms with Gasteiger partial charge in [0.15, 0.2) is 0 Å². The van der Waals surface area contributed by atoms with Gasteiger partial charge in [-0.05, 0) is 26.2 Å². The summed E-state index contributed by atoms with van der Waals surface area (Å²) < 4.78 is 9.57. The van der Waals surface area contributed by atoms with Crippen molar-refractivity contribution in [2.24, 2.45) is 0 Å². The summed E-state index contributed by atoms with van der Waals surface area (Å²) in [5.74, 6) is -0.661. The largest absolute Gasteiger partial charge is 0.463 e. The summed E-state index contributed by atoms with van der Waals surface area (Å²) in [5.41, 5.74) is 0. The van der Waals surface area contributed by atoms with E-state index in [1.165, 1.54) is 18.9 Å². The van der Waals surface area contributed by atoms with Crippen LogP contribution >= 0.6 is 0 Å². The lowest BCUT2D eigenvalue weighted by atomic mass is 10.1.